The molecule has 2 aromatic rings. The molecule has 0 aromatic heterocycles. The Balaban J connectivity index is 1.90. The first-order valence-corrected chi connectivity index (χ1v) is 10.1. The highest BCUT2D eigenvalue weighted by molar-refractivity contribution is 9.10. The number of nitrogens with one attached hydrogen (secondary N) is 1. The number of rotatable bonds is 7. The lowest BCUT2D eigenvalue weighted by molar-refractivity contribution is -0.123. The summed E-state index contributed by atoms with van der Waals surface area (Å²) in [6, 6.07) is 13.5. The smallest absolute Gasteiger partial charge is 0.258 e. The van der Waals surface area contributed by atoms with Gasteiger partial charge in [0.25, 0.3) is 5.91 Å². The number of halogens is 1. The summed E-state index contributed by atoms with van der Waals surface area (Å²) in [4.78, 5) is 12.2. The van der Waals surface area contributed by atoms with E-state index in [0.29, 0.717) is 5.75 Å². The van der Waals surface area contributed by atoms with Gasteiger partial charge in [0.1, 0.15) is 5.75 Å². The van der Waals surface area contributed by atoms with Crippen LogP contribution in [0.25, 0.3) is 0 Å². The summed E-state index contributed by atoms with van der Waals surface area (Å²) in [6.45, 7) is 1.74. The van der Waals surface area contributed by atoms with Gasteiger partial charge in [-0.3, -0.25) is 4.79 Å². The van der Waals surface area contributed by atoms with Crippen LogP contribution >= 0.6 is 15.9 Å². The Hall–Kier alpha value is -1.90. The minimum Gasteiger partial charge on any atom is -0.484 e. The van der Waals surface area contributed by atoms with E-state index in [9.17, 15) is 13.2 Å². The van der Waals surface area contributed by atoms with E-state index >= 15 is 0 Å². The molecule has 6 nitrogen and oxygen atoms in total. The zero-order chi connectivity index (χ0) is 19.3. The Morgan fingerprint density at radius 3 is 2.23 bits per heavy atom. The largest absolute Gasteiger partial charge is 0.484 e. The van der Waals surface area contributed by atoms with Crippen LogP contribution in [0.5, 0.6) is 5.75 Å². The van der Waals surface area contributed by atoms with Crippen LogP contribution in [0.15, 0.2) is 57.9 Å². The highest BCUT2D eigenvalue weighted by atomic mass is 79.9. The van der Waals surface area contributed by atoms with Gasteiger partial charge in [-0.25, -0.2) is 12.7 Å². The molecule has 0 fully saturated rings. The molecule has 1 unspecified atom stereocenters. The Kier molecular flexibility index (Phi) is 6.80. The van der Waals surface area contributed by atoms with E-state index in [1.165, 1.54) is 38.4 Å². The van der Waals surface area contributed by atoms with Crippen LogP contribution in [0, 0.1) is 0 Å². The Bertz CT molecular complexity index is 850. The minimum absolute atomic E-state index is 0.146. The molecular weight excluding hydrogens is 420 g/mol. The van der Waals surface area contributed by atoms with E-state index < -0.39 is 10.0 Å². The molecule has 0 aliphatic heterocycles. The number of nitrogens with zero attached hydrogens (tertiary/aromatic N) is 1. The van der Waals surface area contributed by atoms with E-state index in [2.05, 4.69) is 21.2 Å². The summed E-state index contributed by atoms with van der Waals surface area (Å²) in [5.74, 6) is 0.166. The number of hydrogen-bond donors (Lipinski definition) is 1. The SMILES string of the molecule is CC(NC(=O)COc1ccc(S(=O)(=O)N(C)C)cc1)c1ccc(Br)cc1. The van der Waals surface area contributed by atoms with Crippen molar-refractivity contribution in [1.82, 2.24) is 9.62 Å². The Morgan fingerprint density at radius 2 is 1.69 bits per heavy atom. The summed E-state index contributed by atoms with van der Waals surface area (Å²) in [6.07, 6.45) is 0. The first-order chi connectivity index (χ1) is 12.2. The fourth-order valence-corrected chi connectivity index (χ4v) is 3.35. The fourth-order valence-electron chi connectivity index (χ4n) is 2.19. The Morgan fingerprint density at radius 1 is 1.12 bits per heavy atom. The molecule has 1 N–H and O–H groups in total. The second-order valence-corrected chi connectivity index (χ2v) is 8.96. The number of sulfonamides is 1. The predicted molar refractivity (Wildman–Crippen MR) is 104 cm³/mol. The molecule has 0 spiro atoms. The van der Waals surface area contributed by atoms with Gasteiger partial charge >= 0.3 is 0 Å². The summed E-state index contributed by atoms with van der Waals surface area (Å²) in [7, 11) is -0.542. The van der Waals surface area contributed by atoms with Crippen LogP contribution in [0.2, 0.25) is 0 Å². The summed E-state index contributed by atoms with van der Waals surface area (Å²) < 4.78 is 31.5. The van der Waals surface area contributed by atoms with Gasteiger partial charge in [0.05, 0.1) is 10.9 Å². The maximum Gasteiger partial charge on any atom is 0.258 e. The molecule has 140 valence electrons. The van der Waals surface area contributed by atoms with E-state index in [0.717, 1.165) is 14.3 Å². The summed E-state index contributed by atoms with van der Waals surface area (Å²) in [5, 5.41) is 2.85. The van der Waals surface area contributed by atoms with Gasteiger partial charge in [-0.2, -0.15) is 0 Å². The van der Waals surface area contributed by atoms with Crippen molar-refractivity contribution in [2.75, 3.05) is 20.7 Å². The van der Waals surface area contributed by atoms with E-state index in [1.54, 1.807) is 0 Å². The predicted octanol–water partition coefficient (Wildman–Crippen LogP) is 2.96. The van der Waals surface area contributed by atoms with Gasteiger partial charge in [-0.15, -0.1) is 0 Å². The third-order valence-corrected chi connectivity index (χ3v) is 6.08. The number of hydrogen-bond acceptors (Lipinski definition) is 4. The van der Waals surface area contributed by atoms with Crippen molar-refractivity contribution in [3.05, 3.63) is 58.6 Å². The first-order valence-electron chi connectivity index (χ1n) is 7.90. The van der Waals surface area contributed by atoms with Gasteiger partial charge in [0, 0.05) is 18.6 Å². The van der Waals surface area contributed by atoms with Crippen LogP contribution in [0.3, 0.4) is 0 Å². The monoisotopic (exact) mass is 440 g/mol. The molecule has 0 saturated carbocycles. The van der Waals surface area contributed by atoms with Crippen molar-refractivity contribution in [2.45, 2.75) is 17.9 Å². The molecule has 0 bridgehead atoms. The lowest BCUT2D eigenvalue weighted by Gasteiger charge is -2.15. The average molecular weight is 441 g/mol. The molecule has 2 rings (SSSR count). The van der Waals surface area contributed by atoms with Crippen molar-refractivity contribution in [2.24, 2.45) is 0 Å². The standard InChI is InChI=1S/C18H21BrN2O4S/c1-13(14-4-6-15(19)7-5-14)20-18(22)12-25-16-8-10-17(11-9-16)26(23,24)21(2)3/h4-11,13H,12H2,1-3H3,(H,20,22). The van der Waals surface area contributed by atoms with Crippen molar-refractivity contribution in [3.8, 4) is 5.75 Å². The third-order valence-electron chi connectivity index (χ3n) is 3.72. The van der Waals surface area contributed by atoms with Gasteiger partial charge < -0.3 is 10.1 Å². The van der Waals surface area contributed by atoms with Crippen molar-refractivity contribution < 1.29 is 17.9 Å². The lowest BCUT2D eigenvalue weighted by atomic mass is 10.1. The molecule has 1 amide bonds. The number of carbonyl (C=O) groups excluding carboxylic acids is 1. The normalized spacial score (nSPS) is 12.7. The first kappa shape index (κ1) is 20.4. The average Bonchev–Trinajstić information content (AvgIpc) is 2.60. The quantitative estimate of drug-likeness (QED) is 0.717. The van der Waals surface area contributed by atoms with Crippen LogP contribution in [0.1, 0.15) is 18.5 Å². The van der Waals surface area contributed by atoms with Crippen LogP contribution < -0.4 is 10.1 Å². The highest BCUT2D eigenvalue weighted by Crippen LogP contribution is 2.19. The molecule has 26 heavy (non-hydrogen) atoms. The van der Waals surface area contributed by atoms with Gasteiger partial charge in [0.2, 0.25) is 10.0 Å². The molecule has 0 heterocycles. The zero-order valence-corrected chi connectivity index (χ0v) is 17.2. The maximum absolute atomic E-state index is 12.0. The van der Waals surface area contributed by atoms with Crippen LogP contribution in [-0.2, 0) is 14.8 Å². The number of carbonyl (C=O) groups is 1. The van der Waals surface area contributed by atoms with Gasteiger partial charge in [0.15, 0.2) is 6.61 Å². The fraction of sp³-hybridized carbons (Fsp3) is 0.278. The van der Waals surface area contributed by atoms with Gasteiger partial charge in [-0.05, 0) is 48.9 Å². The lowest BCUT2D eigenvalue weighted by Crippen LogP contribution is -2.31. The summed E-state index contributed by atoms with van der Waals surface area (Å²) in [5.41, 5.74) is 0.986. The second-order valence-electron chi connectivity index (χ2n) is 5.89. The molecule has 0 aliphatic carbocycles. The highest BCUT2D eigenvalue weighted by Gasteiger charge is 2.17. The molecular formula is C18H21BrN2O4S. The third kappa shape index (κ3) is 5.30. The topological polar surface area (TPSA) is 75.7 Å². The molecule has 0 radical (unpaired) electrons. The maximum atomic E-state index is 12.0. The van der Waals surface area contributed by atoms with E-state index in [1.807, 2.05) is 31.2 Å². The van der Waals surface area contributed by atoms with Crippen LogP contribution in [0.4, 0.5) is 0 Å². The zero-order valence-electron chi connectivity index (χ0n) is 14.8. The number of benzene rings is 2. The molecule has 2 aromatic carbocycles. The summed E-state index contributed by atoms with van der Waals surface area (Å²) >= 11 is 3.37. The van der Waals surface area contributed by atoms with E-state index in [-0.39, 0.29) is 23.5 Å². The van der Waals surface area contributed by atoms with Crippen molar-refractivity contribution in [3.63, 3.8) is 0 Å². The Labute approximate surface area is 162 Å². The minimum atomic E-state index is -3.48. The molecule has 0 saturated heterocycles. The molecule has 1 atom stereocenters. The van der Waals surface area contributed by atoms with Crippen molar-refractivity contribution >= 4 is 31.9 Å². The van der Waals surface area contributed by atoms with E-state index in [4.69, 9.17) is 4.74 Å². The number of amides is 1. The van der Waals surface area contributed by atoms with Crippen LogP contribution in [-0.4, -0.2) is 39.3 Å². The van der Waals surface area contributed by atoms with Gasteiger partial charge in [-0.1, -0.05) is 28.1 Å². The number of ether oxygens (including phenoxy) is 1. The second kappa shape index (κ2) is 8.66. The molecule has 0 aliphatic rings. The molecule has 8 heteroatoms. The van der Waals surface area contributed by atoms with Crippen molar-refractivity contribution in [1.29, 1.82) is 0 Å².